The van der Waals surface area contributed by atoms with Gasteiger partial charge in [-0.15, -0.1) is 0 Å². The molecule has 142 valence electrons. The first kappa shape index (κ1) is 17.0. The van der Waals surface area contributed by atoms with Gasteiger partial charge in [0.1, 0.15) is 11.5 Å². The van der Waals surface area contributed by atoms with Gasteiger partial charge in [-0.25, -0.2) is 9.79 Å². The summed E-state index contributed by atoms with van der Waals surface area (Å²) < 4.78 is 11.1. The first-order valence-corrected chi connectivity index (χ1v) is 9.61. The van der Waals surface area contributed by atoms with E-state index in [1.54, 1.807) is 11.0 Å². The van der Waals surface area contributed by atoms with Gasteiger partial charge in [-0.3, -0.25) is 4.79 Å². The Balaban J connectivity index is 1.35. The molecule has 1 aliphatic carbocycles. The number of benzene rings is 1. The van der Waals surface area contributed by atoms with Crippen molar-refractivity contribution in [2.24, 2.45) is 10.9 Å². The largest absolute Gasteiger partial charge is 0.461 e. The summed E-state index contributed by atoms with van der Waals surface area (Å²) in [4.78, 5) is 30.1. The van der Waals surface area contributed by atoms with Crippen LogP contribution in [0.1, 0.15) is 49.2 Å². The summed E-state index contributed by atoms with van der Waals surface area (Å²) >= 11 is 0. The summed E-state index contributed by atoms with van der Waals surface area (Å²) in [6.07, 6.45) is 4.23. The van der Waals surface area contributed by atoms with Crippen molar-refractivity contribution < 1.29 is 18.7 Å². The highest BCUT2D eigenvalue weighted by Crippen LogP contribution is 2.47. The van der Waals surface area contributed by atoms with Crippen LogP contribution < -0.4 is 4.90 Å². The van der Waals surface area contributed by atoms with Gasteiger partial charge < -0.3 is 14.1 Å². The Kier molecular flexibility index (Phi) is 3.93. The van der Waals surface area contributed by atoms with Crippen molar-refractivity contribution in [2.75, 3.05) is 11.4 Å². The molecule has 0 spiro atoms. The molecule has 2 atom stereocenters. The number of furan rings is 1. The van der Waals surface area contributed by atoms with Crippen LogP contribution in [0.25, 0.3) is 6.08 Å². The quantitative estimate of drug-likeness (QED) is 0.600. The lowest BCUT2D eigenvalue weighted by atomic mass is 10.2. The Labute approximate surface area is 162 Å². The Morgan fingerprint density at radius 3 is 2.61 bits per heavy atom. The first-order valence-electron chi connectivity index (χ1n) is 9.61. The number of rotatable bonds is 4. The number of carbonyl (C=O) groups is 2. The highest BCUT2D eigenvalue weighted by molar-refractivity contribution is 6.13. The van der Waals surface area contributed by atoms with Gasteiger partial charge in [-0.2, -0.15) is 0 Å². The van der Waals surface area contributed by atoms with Crippen LogP contribution in [0, 0.1) is 5.92 Å². The van der Waals surface area contributed by atoms with Gasteiger partial charge in [-0.1, -0.05) is 6.92 Å². The van der Waals surface area contributed by atoms with E-state index in [0.717, 1.165) is 30.8 Å². The topological polar surface area (TPSA) is 72.1 Å². The van der Waals surface area contributed by atoms with Gasteiger partial charge in [0.05, 0.1) is 0 Å². The zero-order valence-electron chi connectivity index (χ0n) is 15.6. The number of hydrogen-bond donors (Lipinski definition) is 0. The molecule has 0 N–H and O–H groups in total. The van der Waals surface area contributed by atoms with Crippen LogP contribution in [-0.2, 0) is 14.3 Å². The maximum atomic E-state index is 12.2. The molecule has 0 bridgehead atoms. The average molecular weight is 376 g/mol. The molecule has 6 heteroatoms. The Bertz CT molecular complexity index is 1020. The third-order valence-electron chi connectivity index (χ3n) is 5.52. The van der Waals surface area contributed by atoms with E-state index in [0.29, 0.717) is 29.6 Å². The molecule has 5 rings (SSSR count). The fourth-order valence-corrected chi connectivity index (χ4v) is 3.74. The molecule has 0 unspecified atom stereocenters. The maximum absolute atomic E-state index is 12.2. The van der Waals surface area contributed by atoms with Crippen molar-refractivity contribution in [3.63, 3.8) is 0 Å². The van der Waals surface area contributed by atoms with E-state index >= 15 is 0 Å². The van der Waals surface area contributed by atoms with Crippen molar-refractivity contribution in [2.45, 2.75) is 32.1 Å². The third kappa shape index (κ3) is 3.05. The van der Waals surface area contributed by atoms with E-state index in [9.17, 15) is 9.59 Å². The van der Waals surface area contributed by atoms with Crippen LogP contribution in [0.15, 0.2) is 51.5 Å². The molecule has 1 saturated heterocycles. The second-order valence-corrected chi connectivity index (χ2v) is 7.59. The lowest BCUT2D eigenvalue weighted by Crippen LogP contribution is -2.23. The molecule has 0 radical (unpaired) electrons. The molecule has 28 heavy (non-hydrogen) atoms. The second-order valence-electron chi connectivity index (χ2n) is 7.59. The minimum absolute atomic E-state index is 0.140. The fraction of sp³-hybridized carbons (Fsp3) is 0.318. The molecule has 1 saturated carbocycles. The van der Waals surface area contributed by atoms with Crippen molar-refractivity contribution in [3.05, 3.63) is 59.2 Å². The molecule has 2 aliphatic heterocycles. The lowest BCUT2D eigenvalue weighted by molar-refractivity contribution is -0.130. The van der Waals surface area contributed by atoms with Crippen molar-refractivity contribution >= 4 is 29.5 Å². The summed E-state index contributed by atoms with van der Waals surface area (Å²) in [5.74, 6) is 2.62. The maximum Gasteiger partial charge on any atom is 0.363 e. The van der Waals surface area contributed by atoms with E-state index in [-0.39, 0.29) is 17.5 Å². The minimum Gasteiger partial charge on any atom is -0.461 e. The molecule has 1 amide bonds. The fourth-order valence-electron chi connectivity index (χ4n) is 3.74. The molecule has 3 heterocycles. The predicted molar refractivity (Wildman–Crippen MR) is 104 cm³/mol. The SMILES string of the molecule is C[C@H]1C[C@@H]1c1ccc(/C=C2\N=C(c3ccc(N4CCCC4=O)cc3)OC2=O)o1. The number of hydrogen-bond acceptors (Lipinski definition) is 5. The predicted octanol–water partition coefficient (Wildman–Crippen LogP) is 3.87. The summed E-state index contributed by atoms with van der Waals surface area (Å²) in [5, 5.41) is 0. The number of esters is 1. The molecule has 6 nitrogen and oxygen atoms in total. The van der Waals surface area contributed by atoms with Gasteiger partial charge in [0, 0.05) is 36.2 Å². The number of carbonyl (C=O) groups excluding carboxylic acids is 2. The van der Waals surface area contributed by atoms with E-state index in [1.165, 1.54) is 0 Å². The standard InChI is InChI=1S/C22H20N2O4/c1-13-11-17(13)19-9-8-16(27-19)12-18-22(26)28-21(23-18)14-4-6-15(7-5-14)24-10-2-3-20(24)25/h4-9,12-13,17H,2-3,10-11H2,1H3/b18-12-/t13-,17-/m0/s1. The minimum atomic E-state index is -0.494. The molecular weight excluding hydrogens is 356 g/mol. The van der Waals surface area contributed by atoms with E-state index < -0.39 is 5.97 Å². The molecule has 2 aromatic rings. The Hall–Kier alpha value is -3.15. The zero-order chi connectivity index (χ0) is 19.3. The number of cyclic esters (lactones) is 1. The number of nitrogens with zero attached hydrogens (tertiary/aromatic N) is 2. The Morgan fingerprint density at radius 2 is 1.93 bits per heavy atom. The van der Waals surface area contributed by atoms with Crippen LogP contribution in [-0.4, -0.2) is 24.3 Å². The molecule has 1 aromatic carbocycles. The smallest absolute Gasteiger partial charge is 0.363 e. The number of anilines is 1. The highest BCUT2D eigenvalue weighted by Gasteiger charge is 2.36. The van der Waals surface area contributed by atoms with E-state index in [4.69, 9.17) is 9.15 Å². The zero-order valence-corrected chi connectivity index (χ0v) is 15.6. The summed E-state index contributed by atoms with van der Waals surface area (Å²) in [6, 6.07) is 11.2. The van der Waals surface area contributed by atoms with Crippen molar-refractivity contribution in [1.82, 2.24) is 0 Å². The van der Waals surface area contributed by atoms with Gasteiger partial charge in [0.25, 0.3) is 0 Å². The van der Waals surface area contributed by atoms with Gasteiger partial charge in [0.2, 0.25) is 11.8 Å². The normalized spacial score (nSPS) is 25.4. The van der Waals surface area contributed by atoms with Crippen molar-refractivity contribution in [1.29, 1.82) is 0 Å². The van der Waals surface area contributed by atoms with E-state index in [1.807, 2.05) is 36.4 Å². The number of ether oxygens (including phenoxy) is 1. The summed E-state index contributed by atoms with van der Waals surface area (Å²) in [5.41, 5.74) is 1.77. The first-order chi connectivity index (χ1) is 13.6. The monoisotopic (exact) mass is 376 g/mol. The highest BCUT2D eigenvalue weighted by atomic mass is 16.6. The molecular formula is C22H20N2O4. The summed E-state index contributed by atoms with van der Waals surface area (Å²) in [6.45, 7) is 2.94. The number of amides is 1. The van der Waals surface area contributed by atoms with Gasteiger partial charge in [0.15, 0.2) is 5.70 Å². The Morgan fingerprint density at radius 1 is 1.14 bits per heavy atom. The third-order valence-corrected chi connectivity index (χ3v) is 5.52. The van der Waals surface area contributed by atoms with Crippen LogP contribution in [0.3, 0.4) is 0 Å². The van der Waals surface area contributed by atoms with Crippen LogP contribution in [0.5, 0.6) is 0 Å². The van der Waals surface area contributed by atoms with Crippen LogP contribution >= 0.6 is 0 Å². The van der Waals surface area contributed by atoms with Crippen LogP contribution in [0.2, 0.25) is 0 Å². The molecule has 3 aliphatic rings. The van der Waals surface area contributed by atoms with Crippen LogP contribution in [0.4, 0.5) is 5.69 Å². The molecule has 1 aromatic heterocycles. The number of aliphatic imine (C=N–C) groups is 1. The second kappa shape index (κ2) is 6.48. The van der Waals surface area contributed by atoms with Crippen molar-refractivity contribution in [3.8, 4) is 0 Å². The lowest BCUT2D eigenvalue weighted by Gasteiger charge is -2.15. The average Bonchev–Trinajstić information content (AvgIpc) is 3.07. The summed E-state index contributed by atoms with van der Waals surface area (Å²) in [7, 11) is 0. The van der Waals surface area contributed by atoms with Gasteiger partial charge >= 0.3 is 5.97 Å². The van der Waals surface area contributed by atoms with Gasteiger partial charge in [-0.05, 0) is 55.2 Å². The molecule has 2 fully saturated rings. The van der Waals surface area contributed by atoms with E-state index in [2.05, 4.69) is 11.9 Å².